The Morgan fingerprint density at radius 3 is 3.05 bits per heavy atom. The van der Waals surface area contributed by atoms with Crippen molar-refractivity contribution in [2.75, 3.05) is 18.2 Å². The van der Waals surface area contributed by atoms with Crippen LogP contribution in [0.2, 0.25) is 0 Å². The van der Waals surface area contributed by atoms with Crippen molar-refractivity contribution < 1.29 is 9.53 Å². The van der Waals surface area contributed by atoms with Crippen LogP contribution in [0.4, 0.5) is 11.4 Å². The van der Waals surface area contributed by atoms with Crippen LogP contribution >= 0.6 is 0 Å². The zero-order chi connectivity index (χ0) is 15.5. The fraction of sp³-hybridized carbons (Fsp3) is 0.375. The Labute approximate surface area is 129 Å². The van der Waals surface area contributed by atoms with Gasteiger partial charge in [0.15, 0.2) is 0 Å². The number of nitrogen functional groups attached to an aromatic ring is 1. The maximum Gasteiger partial charge on any atom is 0.337 e. The Hall–Kier alpha value is -2.50. The number of methoxy groups -OCH3 is 1. The first-order chi connectivity index (χ1) is 10.7. The molecule has 6 nitrogen and oxygen atoms in total. The molecule has 0 bridgehead atoms. The molecule has 3 rings (SSSR count). The van der Waals surface area contributed by atoms with E-state index in [2.05, 4.69) is 14.9 Å². The topological polar surface area (TPSA) is 82.2 Å². The molecule has 116 valence electrons. The van der Waals surface area contributed by atoms with Crippen LogP contribution in [0.3, 0.4) is 0 Å². The standard InChI is InChI=1S/C16H20N4O2/c1-22-16(21)12-4-5-14(17)15(6-12)19-8-13-7-18-10-20(13)9-11-2-3-11/h4-7,10-11,19H,2-3,8-9,17H2,1H3. The first-order valence-corrected chi connectivity index (χ1v) is 7.38. The summed E-state index contributed by atoms with van der Waals surface area (Å²) in [7, 11) is 1.36. The molecule has 1 aromatic heterocycles. The summed E-state index contributed by atoms with van der Waals surface area (Å²) in [6.07, 6.45) is 6.33. The molecule has 0 unspecified atom stereocenters. The average molecular weight is 300 g/mol. The van der Waals surface area contributed by atoms with E-state index in [1.165, 1.54) is 20.0 Å². The Balaban J connectivity index is 1.70. The smallest absolute Gasteiger partial charge is 0.337 e. The van der Waals surface area contributed by atoms with Gasteiger partial charge < -0.3 is 20.4 Å². The maximum absolute atomic E-state index is 11.6. The molecule has 1 aliphatic carbocycles. The number of ether oxygens (including phenoxy) is 1. The second-order valence-electron chi connectivity index (χ2n) is 5.63. The molecule has 1 fully saturated rings. The highest BCUT2D eigenvalue weighted by molar-refractivity contribution is 5.91. The summed E-state index contributed by atoms with van der Waals surface area (Å²) >= 11 is 0. The lowest BCUT2D eigenvalue weighted by Gasteiger charge is -2.12. The molecule has 22 heavy (non-hydrogen) atoms. The number of nitrogens with two attached hydrogens (primary N) is 1. The van der Waals surface area contributed by atoms with Crippen molar-refractivity contribution in [2.24, 2.45) is 5.92 Å². The molecule has 1 aliphatic rings. The highest BCUT2D eigenvalue weighted by atomic mass is 16.5. The van der Waals surface area contributed by atoms with Crippen molar-refractivity contribution in [2.45, 2.75) is 25.9 Å². The van der Waals surface area contributed by atoms with Crippen LogP contribution in [-0.4, -0.2) is 22.6 Å². The molecule has 1 heterocycles. The van der Waals surface area contributed by atoms with Crippen LogP contribution in [0.25, 0.3) is 0 Å². The maximum atomic E-state index is 11.6. The van der Waals surface area contributed by atoms with Gasteiger partial charge in [-0.1, -0.05) is 0 Å². The highest BCUT2D eigenvalue weighted by Crippen LogP contribution is 2.31. The number of carbonyl (C=O) groups excluding carboxylic acids is 1. The van der Waals surface area contributed by atoms with Gasteiger partial charge in [-0.2, -0.15) is 0 Å². The summed E-state index contributed by atoms with van der Waals surface area (Å²) in [6.45, 7) is 1.64. The third kappa shape index (κ3) is 3.21. The van der Waals surface area contributed by atoms with Crippen molar-refractivity contribution in [1.82, 2.24) is 9.55 Å². The Morgan fingerprint density at radius 2 is 2.32 bits per heavy atom. The van der Waals surface area contributed by atoms with E-state index in [-0.39, 0.29) is 5.97 Å². The van der Waals surface area contributed by atoms with Gasteiger partial charge in [-0.25, -0.2) is 9.78 Å². The number of nitrogens with one attached hydrogen (secondary N) is 1. The van der Waals surface area contributed by atoms with Crippen LogP contribution in [0.1, 0.15) is 28.9 Å². The molecule has 0 radical (unpaired) electrons. The van der Waals surface area contributed by atoms with Crippen LogP contribution in [0, 0.1) is 5.92 Å². The highest BCUT2D eigenvalue weighted by Gasteiger charge is 2.22. The quantitative estimate of drug-likeness (QED) is 0.632. The molecule has 2 aromatic rings. The molecular formula is C16H20N4O2. The van der Waals surface area contributed by atoms with E-state index in [0.717, 1.165) is 23.8 Å². The van der Waals surface area contributed by atoms with E-state index in [0.29, 0.717) is 17.8 Å². The number of carbonyl (C=O) groups is 1. The number of hydrogen-bond donors (Lipinski definition) is 2. The molecule has 0 atom stereocenters. The lowest BCUT2D eigenvalue weighted by atomic mass is 10.1. The molecule has 3 N–H and O–H groups in total. The first kappa shape index (κ1) is 14.4. The molecule has 0 aliphatic heterocycles. The molecule has 0 spiro atoms. The predicted octanol–water partition coefficient (Wildman–Crippen LogP) is 2.27. The zero-order valence-corrected chi connectivity index (χ0v) is 12.6. The lowest BCUT2D eigenvalue weighted by molar-refractivity contribution is 0.0601. The minimum Gasteiger partial charge on any atom is -0.465 e. The summed E-state index contributed by atoms with van der Waals surface area (Å²) in [5.74, 6) is 0.419. The Kier molecular flexibility index (Phi) is 4.00. The van der Waals surface area contributed by atoms with E-state index < -0.39 is 0 Å². The van der Waals surface area contributed by atoms with E-state index in [1.54, 1.807) is 18.2 Å². The third-order valence-corrected chi connectivity index (χ3v) is 3.88. The van der Waals surface area contributed by atoms with Gasteiger partial charge in [-0.3, -0.25) is 0 Å². The fourth-order valence-electron chi connectivity index (χ4n) is 2.38. The Bertz CT molecular complexity index is 677. The van der Waals surface area contributed by atoms with Gasteiger partial charge in [0.25, 0.3) is 0 Å². The molecule has 1 aromatic carbocycles. The van der Waals surface area contributed by atoms with E-state index in [9.17, 15) is 4.79 Å². The van der Waals surface area contributed by atoms with Gasteiger partial charge >= 0.3 is 5.97 Å². The van der Waals surface area contributed by atoms with Gasteiger partial charge in [-0.15, -0.1) is 0 Å². The largest absolute Gasteiger partial charge is 0.465 e. The fourth-order valence-corrected chi connectivity index (χ4v) is 2.38. The monoisotopic (exact) mass is 300 g/mol. The molecule has 6 heteroatoms. The number of hydrogen-bond acceptors (Lipinski definition) is 5. The van der Waals surface area contributed by atoms with Crippen molar-refractivity contribution in [3.05, 3.63) is 42.0 Å². The summed E-state index contributed by atoms with van der Waals surface area (Å²) in [4.78, 5) is 15.8. The van der Waals surface area contributed by atoms with Gasteiger partial charge in [0.05, 0.1) is 42.6 Å². The van der Waals surface area contributed by atoms with Gasteiger partial charge in [-0.05, 0) is 37.0 Å². The van der Waals surface area contributed by atoms with Crippen LogP contribution in [-0.2, 0) is 17.8 Å². The normalized spacial score (nSPS) is 13.9. The SMILES string of the molecule is COC(=O)c1ccc(N)c(NCc2cncn2CC2CC2)c1. The van der Waals surface area contributed by atoms with Crippen molar-refractivity contribution in [3.63, 3.8) is 0 Å². The van der Waals surface area contributed by atoms with Crippen molar-refractivity contribution >= 4 is 17.3 Å². The first-order valence-electron chi connectivity index (χ1n) is 7.38. The van der Waals surface area contributed by atoms with E-state index in [4.69, 9.17) is 10.5 Å². The minimum atomic E-state index is -0.373. The van der Waals surface area contributed by atoms with Gasteiger partial charge in [0.1, 0.15) is 0 Å². The third-order valence-electron chi connectivity index (χ3n) is 3.88. The average Bonchev–Trinajstić information content (AvgIpc) is 3.23. The number of aromatic nitrogens is 2. The van der Waals surface area contributed by atoms with Gasteiger partial charge in [0, 0.05) is 12.7 Å². The number of anilines is 2. The second-order valence-corrected chi connectivity index (χ2v) is 5.63. The summed E-state index contributed by atoms with van der Waals surface area (Å²) in [5.41, 5.74) is 8.87. The number of benzene rings is 1. The Morgan fingerprint density at radius 1 is 1.50 bits per heavy atom. The van der Waals surface area contributed by atoms with Crippen molar-refractivity contribution in [3.8, 4) is 0 Å². The summed E-state index contributed by atoms with van der Waals surface area (Å²) < 4.78 is 6.90. The predicted molar refractivity (Wildman–Crippen MR) is 84.5 cm³/mol. The number of nitrogens with zero attached hydrogens (tertiary/aromatic N) is 2. The molecule has 0 amide bonds. The molecule has 0 saturated heterocycles. The summed E-state index contributed by atoms with van der Waals surface area (Å²) in [6, 6.07) is 5.07. The van der Waals surface area contributed by atoms with Crippen LogP contribution in [0.15, 0.2) is 30.7 Å². The zero-order valence-electron chi connectivity index (χ0n) is 12.6. The van der Waals surface area contributed by atoms with Crippen molar-refractivity contribution in [1.29, 1.82) is 0 Å². The van der Waals surface area contributed by atoms with Gasteiger partial charge in [0.2, 0.25) is 0 Å². The summed E-state index contributed by atoms with van der Waals surface area (Å²) in [5, 5.41) is 3.28. The van der Waals surface area contributed by atoms with Crippen LogP contribution < -0.4 is 11.1 Å². The lowest BCUT2D eigenvalue weighted by Crippen LogP contribution is -2.10. The second kappa shape index (κ2) is 6.09. The number of rotatable bonds is 6. The van der Waals surface area contributed by atoms with Crippen LogP contribution in [0.5, 0.6) is 0 Å². The van der Waals surface area contributed by atoms with E-state index >= 15 is 0 Å². The minimum absolute atomic E-state index is 0.373. The number of esters is 1. The van der Waals surface area contributed by atoms with E-state index in [1.807, 2.05) is 12.5 Å². The number of imidazole rings is 1. The molecule has 1 saturated carbocycles. The molecular weight excluding hydrogens is 280 g/mol.